The van der Waals surface area contributed by atoms with Crippen LogP contribution in [0.4, 0.5) is 11.4 Å². The summed E-state index contributed by atoms with van der Waals surface area (Å²) in [7, 11) is 0. The normalized spacial score (nSPS) is 13.9. The molecule has 0 bridgehead atoms. The second kappa shape index (κ2) is 4.34. The van der Waals surface area contributed by atoms with E-state index in [-0.39, 0.29) is 0 Å². The molecule has 2 aromatic carbocycles. The molecule has 2 nitrogen and oxygen atoms in total. The lowest BCUT2D eigenvalue weighted by atomic mass is 10.0. The van der Waals surface area contributed by atoms with Crippen LogP contribution in [0, 0.1) is 0 Å². The number of thioether (sulfide) groups is 1. The average Bonchev–Trinajstić information content (AvgIpc) is 2.39. The number of hydrogen-bond donors (Lipinski definition) is 2. The van der Waals surface area contributed by atoms with E-state index in [1.54, 1.807) is 0 Å². The Bertz CT molecular complexity index is 534. The zero-order chi connectivity index (χ0) is 11.7. The van der Waals surface area contributed by atoms with Crippen LogP contribution >= 0.6 is 11.8 Å². The van der Waals surface area contributed by atoms with E-state index in [0.717, 1.165) is 18.0 Å². The predicted molar refractivity (Wildman–Crippen MR) is 75.5 cm³/mol. The van der Waals surface area contributed by atoms with Gasteiger partial charge in [-0.25, -0.2) is 0 Å². The number of nitrogen functional groups attached to an aromatic ring is 1. The first-order chi connectivity index (χ1) is 8.33. The van der Waals surface area contributed by atoms with Crippen LogP contribution in [0.25, 0.3) is 11.1 Å². The van der Waals surface area contributed by atoms with Crippen LogP contribution in [0.2, 0.25) is 0 Å². The van der Waals surface area contributed by atoms with Gasteiger partial charge in [-0.2, -0.15) is 0 Å². The number of hydrogen-bond acceptors (Lipinski definition) is 3. The lowest BCUT2D eigenvalue weighted by Gasteiger charge is -2.18. The van der Waals surface area contributed by atoms with E-state index < -0.39 is 0 Å². The molecule has 2 aromatic rings. The van der Waals surface area contributed by atoms with Crippen LogP contribution in [0.5, 0.6) is 0 Å². The number of fused-ring (bicyclic) bond motifs is 1. The SMILES string of the molecule is Nc1ccc(-c2ccc3c(c2)SCCN3)cc1. The van der Waals surface area contributed by atoms with Crippen LogP contribution in [0.3, 0.4) is 0 Å². The Morgan fingerprint density at radius 1 is 1.00 bits per heavy atom. The molecule has 0 saturated carbocycles. The molecule has 3 N–H and O–H groups in total. The average molecular weight is 242 g/mol. The molecule has 0 fully saturated rings. The quantitative estimate of drug-likeness (QED) is 0.752. The van der Waals surface area contributed by atoms with Crippen molar-refractivity contribution in [3.05, 3.63) is 42.5 Å². The number of anilines is 2. The lowest BCUT2D eigenvalue weighted by molar-refractivity contribution is 1.17. The van der Waals surface area contributed by atoms with E-state index in [2.05, 4.69) is 35.6 Å². The van der Waals surface area contributed by atoms with Gasteiger partial charge < -0.3 is 11.1 Å². The fraction of sp³-hybridized carbons (Fsp3) is 0.143. The summed E-state index contributed by atoms with van der Waals surface area (Å²) in [5.41, 5.74) is 10.2. The first-order valence-corrected chi connectivity index (χ1v) is 6.68. The third kappa shape index (κ3) is 2.11. The molecule has 1 heterocycles. The molecule has 0 atom stereocenters. The van der Waals surface area contributed by atoms with Gasteiger partial charge in [-0.1, -0.05) is 18.2 Å². The molecule has 0 saturated heterocycles. The highest BCUT2D eigenvalue weighted by Crippen LogP contribution is 2.34. The van der Waals surface area contributed by atoms with Gasteiger partial charge in [0.05, 0.1) is 0 Å². The summed E-state index contributed by atoms with van der Waals surface area (Å²) in [5, 5.41) is 3.41. The number of benzene rings is 2. The van der Waals surface area contributed by atoms with Crippen LogP contribution in [-0.4, -0.2) is 12.3 Å². The molecule has 1 aliphatic heterocycles. The van der Waals surface area contributed by atoms with E-state index in [4.69, 9.17) is 5.73 Å². The second-order valence-corrected chi connectivity index (χ2v) is 5.24. The van der Waals surface area contributed by atoms with E-state index in [9.17, 15) is 0 Å². The molecule has 0 unspecified atom stereocenters. The molecule has 0 aliphatic carbocycles. The summed E-state index contributed by atoms with van der Waals surface area (Å²) in [5.74, 6) is 1.14. The maximum atomic E-state index is 5.70. The van der Waals surface area contributed by atoms with Crippen molar-refractivity contribution in [3.63, 3.8) is 0 Å². The lowest BCUT2D eigenvalue weighted by Crippen LogP contribution is -2.09. The molecular formula is C14H14N2S. The fourth-order valence-electron chi connectivity index (χ4n) is 1.99. The molecule has 3 heteroatoms. The van der Waals surface area contributed by atoms with Crippen molar-refractivity contribution in [2.45, 2.75) is 4.90 Å². The summed E-state index contributed by atoms with van der Waals surface area (Å²) in [4.78, 5) is 1.34. The van der Waals surface area contributed by atoms with E-state index in [0.29, 0.717) is 0 Å². The van der Waals surface area contributed by atoms with Crippen molar-refractivity contribution in [2.75, 3.05) is 23.3 Å². The molecule has 17 heavy (non-hydrogen) atoms. The van der Waals surface area contributed by atoms with Crippen molar-refractivity contribution in [2.24, 2.45) is 0 Å². The van der Waals surface area contributed by atoms with Gasteiger partial charge in [0.1, 0.15) is 0 Å². The summed E-state index contributed by atoms with van der Waals surface area (Å²) in [6, 6.07) is 14.6. The molecule has 3 rings (SSSR count). The molecule has 0 amide bonds. The van der Waals surface area contributed by atoms with Gasteiger partial charge in [-0.05, 0) is 35.4 Å². The third-order valence-corrected chi connectivity index (χ3v) is 3.96. The molecular weight excluding hydrogens is 228 g/mol. The molecule has 0 aromatic heterocycles. The van der Waals surface area contributed by atoms with Gasteiger partial charge in [-0.15, -0.1) is 11.8 Å². The van der Waals surface area contributed by atoms with Crippen molar-refractivity contribution in [1.82, 2.24) is 0 Å². The summed E-state index contributed by atoms with van der Waals surface area (Å²) in [6.45, 7) is 1.05. The first kappa shape index (κ1) is 10.5. The van der Waals surface area contributed by atoms with Crippen LogP contribution in [0.1, 0.15) is 0 Å². The van der Waals surface area contributed by atoms with E-state index in [1.807, 2.05) is 23.9 Å². The van der Waals surface area contributed by atoms with Gasteiger partial charge in [-0.3, -0.25) is 0 Å². The fourth-order valence-corrected chi connectivity index (χ4v) is 2.92. The summed E-state index contributed by atoms with van der Waals surface area (Å²) in [6.07, 6.45) is 0. The first-order valence-electron chi connectivity index (χ1n) is 5.69. The monoisotopic (exact) mass is 242 g/mol. The topological polar surface area (TPSA) is 38.0 Å². The third-order valence-electron chi connectivity index (χ3n) is 2.90. The molecule has 0 spiro atoms. The van der Waals surface area contributed by atoms with Crippen LogP contribution in [0.15, 0.2) is 47.4 Å². The number of rotatable bonds is 1. The van der Waals surface area contributed by atoms with E-state index in [1.165, 1.54) is 21.7 Å². The number of nitrogens with one attached hydrogen (secondary N) is 1. The minimum Gasteiger partial charge on any atom is -0.399 e. The largest absolute Gasteiger partial charge is 0.399 e. The Kier molecular flexibility index (Phi) is 2.69. The molecule has 0 radical (unpaired) electrons. The summed E-state index contributed by atoms with van der Waals surface area (Å²) < 4.78 is 0. The minimum atomic E-state index is 0.808. The Balaban J connectivity index is 2.01. The standard InChI is InChI=1S/C14H14N2S/c15-12-4-1-10(2-5-12)11-3-6-13-14(9-11)17-8-7-16-13/h1-6,9,16H,7-8,15H2. The zero-order valence-corrected chi connectivity index (χ0v) is 10.3. The maximum Gasteiger partial charge on any atom is 0.0479 e. The minimum absolute atomic E-state index is 0.808. The van der Waals surface area contributed by atoms with Crippen LogP contribution in [-0.2, 0) is 0 Å². The molecule has 1 aliphatic rings. The number of nitrogens with two attached hydrogens (primary N) is 1. The Hall–Kier alpha value is -1.61. The van der Waals surface area contributed by atoms with Crippen molar-refractivity contribution >= 4 is 23.1 Å². The predicted octanol–water partition coefficient (Wildman–Crippen LogP) is 3.45. The van der Waals surface area contributed by atoms with Crippen LogP contribution < -0.4 is 11.1 Å². The Labute approximate surface area is 105 Å². The van der Waals surface area contributed by atoms with Gasteiger partial charge in [0, 0.05) is 28.6 Å². The Morgan fingerprint density at radius 3 is 2.59 bits per heavy atom. The highest BCUT2D eigenvalue weighted by atomic mass is 32.2. The highest BCUT2D eigenvalue weighted by Gasteiger charge is 2.09. The maximum absolute atomic E-state index is 5.70. The van der Waals surface area contributed by atoms with E-state index >= 15 is 0 Å². The molecule has 86 valence electrons. The summed E-state index contributed by atoms with van der Waals surface area (Å²) >= 11 is 1.91. The Morgan fingerprint density at radius 2 is 1.76 bits per heavy atom. The second-order valence-electron chi connectivity index (χ2n) is 4.11. The van der Waals surface area contributed by atoms with Gasteiger partial charge in [0.25, 0.3) is 0 Å². The van der Waals surface area contributed by atoms with Gasteiger partial charge >= 0.3 is 0 Å². The van der Waals surface area contributed by atoms with Crippen molar-refractivity contribution in [1.29, 1.82) is 0 Å². The smallest absolute Gasteiger partial charge is 0.0479 e. The zero-order valence-electron chi connectivity index (χ0n) is 9.44. The van der Waals surface area contributed by atoms with Gasteiger partial charge in [0.2, 0.25) is 0 Å². The van der Waals surface area contributed by atoms with Crippen molar-refractivity contribution in [3.8, 4) is 11.1 Å². The van der Waals surface area contributed by atoms with Gasteiger partial charge in [0.15, 0.2) is 0 Å². The highest BCUT2D eigenvalue weighted by molar-refractivity contribution is 7.99. The van der Waals surface area contributed by atoms with Crippen molar-refractivity contribution < 1.29 is 0 Å².